The highest BCUT2D eigenvalue weighted by Gasteiger charge is 2.39. The Bertz CT molecular complexity index is 914. The molecule has 0 aromatic heterocycles. The zero-order valence-corrected chi connectivity index (χ0v) is 16.1. The van der Waals surface area contributed by atoms with Crippen LogP contribution in [0.25, 0.3) is 6.08 Å². The maximum Gasteiger partial charge on any atom is 0.269 e. The number of benzene rings is 2. The molecule has 0 N–H and O–H groups in total. The molecule has 1 aliphatic heterocycles. The smallest absolute Gasteiger partial charge is 0.269 e. The van der Waals surface area contributed by atoms with E-state index in [2.05, 4.69) is 39.0 Å². The Morgan fingerprint density at radius 3 is 2.52 bits per heavy atom. The van der Waals surface area contributed by atoms with E-state index in [9.17, 15) is 14.9 Å². The van der Waals surface area contributed by atoms with E-state index in [1.54, 1.807) is 24.3 Å². The van der Waals surface area contributed by atoms with Crippen molar-refractivity contribution in [3.63, 3.8) is 0 Å². The van der Waals surface area contributed by atoms with Gasteiger partial charge >= 0.3 is 0 Å². The van der Waals surface area contributed by atoms with Crippen molar-refractivity contribution < 1.29 is 9.72 Å². The molecule has 3 rings (SSSR count). The number of hydrogen-bond acceptors (Lipinski definition) is 3. The summed E-state index contributed by atoms with van der Waals surface area (Å²) in [4.78, 5) is 25.3. The molecule has 1 aliphatic rings. The standard InChI is InChI=1S/C22H24N2O3/c1-15-5-11-19-16(2)14-22(3,4)23(20(19)13-15)21(25)12-8-17-6-9-18(10-7-17)24(26)27/h5-13,16H,14H2,1-4H3/b12-8+/t16-/m1/s1. The van der Waals surface area contributed by atoms with Crippen molar-refractivity contribution in [3.8, 4) is 0 Å². The molecule has 2 aromatic carbocycles. The van der Waals surface area contributed by atoms with Gasteiger partial charge in [-0.15, -0.1) is 0 Å². The lowest BCUT2D eigenvalue weighted by atomic mass is 9.79. The Kier molecular flexibility index (Phi) is 4.87. The monoisotopic (exact) mass is 364 g/mol. The largest absolute Gasteiger partial charge is 0.303 e. The van der Waals surface area contributed by atoms with Gasteiger partial charge in [0.25, 0.3) is 11.6 Å². The number of hydrogen-bond donors (Lipinski definition) is 0. The summed E-state index contributed by atoms with van der Waals surface area (Å²) in [6, 6.07) is 12.4. The Labute approximate surface area is 159 Å². The van der Waals surface area contributed by atoms with E-state index < -0.39 is 4.92 Å². The number of non-ortho nitro benzene ring substituents is 1. The molecule has 0 fully saturated rings. The van der Waals surface area contributed by atoms with Crippen molar-refractivity contribution in [2.75, 3.05) is 4.90 Å². The quantitative estimate of drug-likeness (QED) is 0.425. The lowest BCUT2D eigenvalue weighted by Crippen LogP contribution is -2.51. The molecular weight excluding hydrogens is 340 g/mol. The van der Waals surface area contributed by atoms with E-state index in [1.165, 1.54) is 17.7 Å². The van der Waals surface area contributed by atoms with Crippen LogP contribution in [0.4, 0.5) is 11.4 Å². The van der Waals surface area contributed by atoms with Crippen LogP contribution in [0.15, 0.2) is 48.5 Å². The van der Waals surface area contributed by atoms with Crippen LogP contribution in [0.1, 0.15) is 49.8 Å². The van der Waals surface area contributed by atoms with E-state index in [0.717, 1.165) is 23.2 Å². The molecule has 0 unspecified atom stereocenters. The zero-order chi connectivity index (χ0) is 19.8. The molecular formula is C22H24N2O3. The number of nitrogens with zero attached hydrogens (tertiary/aromatic N) is 2. The second kappa shape index (κ2) is 6.99. The van der Waals surface area contributed by atoms with Gasteiger partial charge in [-0.1, -0.05) is 19.1 Å². The van der Waals surface area contributed by atoms with Gasteiger partial charge in [0.15, 0.2) is 0 Å². The molecule has 1 atom stereocenters. The molecule has 5 nitrogen and oxygen atoms in total. The number of nitro benzene ring substituents is 1. The molecule has 140 valence electrons. The number of carbonyl (C=O) groups excluding carboxylic acids is 1. The van der Waals surface area contributed by atoms with Crippen molar-refractivity contribution in [1.82, 2.24) is 0 Å². The van der Waals surface area contributed by atoms with E-state index in [4.69, 9.17) is 0 Å². The van der Waals surface area contributed by atoms with Gasteiger partial charge in [0.05, 0.1) is 4.92 Å². The third-order valence-electron chi connectivity index (χ3n) is 5.11. The van der Waals surface area contributed by atoms with Crippen molar-refractivity contribution >= 4 is 23.4 Å². The number of rotatable bonds is 3. The summed E-state index contributed by atoms with van der Waals surface area (Å²) in [5.41, 5.74) is 3.78. The minimum atomic E-state index is -0.435. The summed E-state index contributed by atoms with van der Waals surface area (Å²) in [7, 11) is 0. The highest BCUT2D eigenvalue weighted by Crippen LogP contribution is 2.43. The summed E-state index contributed by atoms with van der Waals surface area (Å²) < 4.78 is 0. The molecule has 1 heterocycles. The van der Waals surface area contributed by atoms with Crippen LogP contribution in [-0.2, 0) is 4.79 Å². The molecule has 0 saturated carbocycles. The predicted molar refractivity (Wildman–Crippen MR) is 108 cm³/mol. The summed E-state index contributed by atoms with van der Waals surface area (Å²) in [5.74, 6) is 0.301. The van der Waals surface area contributed by atoms with Gasteiger partial charge in [0, 0.05) is 29.4 Å². The number of aryl methyl sites for hydroxylation is 1. The summed E-state index contributed by atoms with van der Waals surface area (Å²) in [6.45, 7) is 8.41. The summed E-state index contributed by atoms with van der Waals surface area (Å²) >= 11 is 0. The first-order valence-electron chi connectivity index (χ1n) is 9.06. The van der Waals surface area contributed by atoms with Crippen molar-refractivity contribution in [2.45, 2.75) is 45.6 Å². The highest BCUT2D eigenvalue weighted by molar-refractivity contribution is 6.05. The lowest BCUT2D eigenvalue weighted by molar-refractivity contribution is -0.384. The minimum absolute atomic E-state index is 0.0361. The SMILES string of the molecule is Cc1ccc2c(c1)N(C(=O)/C=C/c1ccc([N+](=O)[O-])cc1)C(C)(C)C[C@H]2C. The Morgan fingerprint density at radius 2 is 1.89 bits per heavy atom. The van der Waals surface area contributed by atoms with Gasteiger partial charge in [-0.25, -0.2) is 0 Å². The second-order valence-corrected chi connectivity index (χ2v) is 7.84. The maximum absolute atomic E-state index is 13.1. The zero-order valence-electron chi connectivity index (χ0n) is 16.1. The molecule has 0 aliphatic carbocycles. The Hall–Kier alpha value is -2.95. The highest BCUT2D eigenvalue weighted by atomic mass is 16.6. The van der Waals surface area contributed by atoms with Crippen LogP contribution in [0.5, 0.6) is 0 Å². The van der Waals surface area contributed by atoms with Gasteiger partial charge in [-0.2, -0.15) is 0 Å². The topological polar surface area (TPSA) is 63.5 Å². The molecule has 0 radical (unpaired) electrons. The Morgan fingerprint density at radius 1 is 1.22 bits per heavy atom. The normalized spacial score (nSPS) is 18.4. The number of nitro groups is 1. The van der Waals surface area contributed by atoms with Gasteiger partial charge in [-0.3, -0.25) is 14.9 Å². The van der Waals surface area contributed by atoms with E-state index in [-0.39, 0.29) is 17.1 Å². The number of amides is 1. The molecule has 5 heteroatoms. The molecule has 0 bridgehead atoms. The number of fused-ring (bicyclic) bond motifs is 1. The van der Waals surface area contributed by atoms with Crippen LogP contribution >= 0.6 is 0 Å². The van der Waals surface area contributed by atoms with Crippen molar-refractivity contribution in [3.05, 3.63) is 75.3 Å². The van der Waals surface area contributed by atoms with E-state index in [0.29, 0.717) is 5.92 Å². The summed E-state index contributed by atoms with van der Waals surface area (Å²) in [5, 5.41) is 10.8. The van der Waals surface area contributed by atoms with Crippen LogP contribution < -0.4 is 4.90 Å². The number of carbonyl (C=O) groups is 1. The van der Waals surface area contributed by atoms with Gasteiger partial charge < -0.3 is 4.90 Å². The fourth-order valence-corrected chi connectivity index (χ4v) is 3.91. The average Bonchev–Trinajstić information content (AvgIpc) is 2.59. The first-order chi connectivity index (χ1) is 12.7. The van der Waals surface area contributed by atoms with Crippen LogP contribution in [0.3, 0.4) is 0 Å². The predicted octanol–water partition coefficient (Wildman–Crippen LogP) is 5.24. The maximum atomic E-state index is 13.1. The number of anilines is 1. The third kappa shape index (κ3) is 3.77. The lowest BCUT2D eigenvalue weighted by Gasteiger charge is -2.45. The van der Waals surface area contributed by atoms with Crippen LogP contribution in [0.2, 0.25) is 0 Å². The Balaban J connectivity index is 1.92. The molecule has 0 spiro atoms. The molecule has 27 heavy (non-hydrogen) atoms. The molecule has 1 amide bonds. The first-order valence-corrected chi connectivity index (χ1v) is 9.06. The minimum Gasteiger partial charge on any atom is -0.303 e. The molecule has 0 saturated heterocycles. The van der Waals surface area contributed by atoms with Crippen molar-refractivity contribution in [1.29, 1.82) is 0 Å². The van der Waals surface area contributed by atoms with Crippen LogP contribution in [-0.4, -0.2) is 16.4 Å². The fourth-order valence-electron chi connectivity index (χ4n) is 3.91. The van der Waals surface area contributed by atoms with Gasteiger partial charge in [0.2, 0.25) is 0 Å². The fraction of sp³-hybridized carbons (Fsp3) is 0.318. The van der Waals surface area contributed by atoms with E-state index in [1.807, 2.05) is 11.8 Å². The van der Waals surface area contributed by atoms with Gasteiger partial charge in [-0.05, 0) is 74.1 Å². The molecule has 2 aromatic rings. The summed E-state index contributed by atoms with van der Waals surface area (Å²) in [6.07, 6.45) is 4.14. The third-order valence-corrected chi connectivity index (χ3v) is 5.11. The second-order valence-electron chi connectivity index (χ2n) is 7.84. The van der Waals surface area contributed by atoms with Gasteiger partial charge in [0.1, 0.15) is 0 Å². The van der Waals surface area contributed by atoms with E-state index >= 15 is 0 Å². The average molecular weight is 364 g/mol. The van der Waals surface area contributed by atoms with Crippen LogP contribution in [0, 0.1) is 17.0 Å². The van der Waals surface area contributed by atoms with Crippen molar-refractivity contribution in [2.24, 2.45) is 0 Å². The first kappa shape index (κ1) is 18.8.